The van der Waals surface area contributed by atoms with E-state index < -0.39 is 6.17 Å². The fraction of sp³-hybridized carbons (Fsp3) is 0.286. The lowest BCUT2D eigenvalue weighted by atomic mass is 10.0. The van der Waals surface area contributed by atoms with Gasteiger partial charge in [-0.25, -0.2) is 0 Å². The van der Waals surface area contributed by atoms with E-state index in [4.69, 9.17) is 27.6 Å². The Balaban J connectivity index is 1.44. The molecule has 5 nitrogen and oxygen atoms in total. The highest BCUT2D eigenvalue weighted by atomic mass is 35.5. The van der Waals surface area contributed by atoms with E-state index >= 15 is 0 Å². The lowest BCUT2D eigenvalue weighted by Crippen LogP contribution is -2.38. The van der Waals surface area contributed by atoms with Crippen LogP contribution in [0.4, 0.5) is 5.00 Å². The Bertz CT molecular complexity index is 1110. The molecule has 2 aliphatic rings. The van der Waals surface area contributed by atoms with Gasteiger partial charge in [-0.2, -0.15) is 0 Å². The summed E-state index contributed by atoms with van der Waals surface area (Å²) in [6, 6.07) is 9.11. The van der Waals surface area contributed by atoms with Crippen LogP contribution in [0, 0.1) is 0 Å². The minimum Gasteiger partial charge on any atom is -0.457 e. The van der Waals surface area contributed by atoms with Gasteiger partial charge in [0.1, 0.15) is 16.5 Å². The lowest BCUT2D eigenvalue weighted by Gasteiger charge is -2.27. The van der Waals surface area contributed by atoms with Gasteiger partial charge in [0.15, 0.2) is 6.17 Å². The van der Waals surface area contributed by atoms with Crippen LogP contribution in [-0.4, -0.2) is 23.9 Å². The molecule has 0 bridgehead atoms. The summed E-state index contributed by atoms with van der Waals surface area (Å²) in [4.78, 5) is 16.6. The number of rotatable bonds is 3. The normalized spacial score (nSPS) is 18.7. The van der Waals surface area contributed by atoms with Crippen molar-refractivity contribution in [1.29, 1.82) is 0 Å². The van der Waals surface area contributed by atoms with Crippen LogP contribution in [0.1, 0.15) is 39.6 Å². The van der Waals surface area contributed by atoms with Crippen molar-refractivity contribution in [2.75, 3.05) is 18.4 Å². The van der Waals surface area contributed by atoms with Crippen LogP contribution in [0.5, 0.6) is 0 Å². The largest absolute Gasteiger partial charge is 0.457 e. The fourth-order valence-corrected chi connectivity index (χ4v) is 5.64. The zero-order chi connectivity index (χ0) is 20.1. The second kappa shape index (κ2) is 7.36. The minimum absolute atomic E-state index is 0.0510. The van der Waals surface area contributed by atoms with Crippen molar-refractivity contribution in [3.63, 3.8) is 0 Å². The van der Waals surface area contributed by atoms with Crippen LogP contribution in [0.3, 0.4) is 0 Å². The first-order valence-electron chi connectivity index (χ1n) is 9.53. The summed E-state index contributed by atoms with van der Waals surface area (Å²) >= 11 is 14.1. The Morgan fingerprint density at radius 2 is 2.10 bits per heavy atom. The molecule has 1 aromatic carbocycles. The van der Waals surface area contributed by atoms with Gasteiger partial charge in [-0.15, -0.1) is 11.3 Å². The third kappa shape index (κ3) is 3.24. The van der Waals surface area contributed by atoms with Gasteiger partial charge in [-0.05, 0) is 42.8 Å². The first kappa shape index (κ1) is 19.0. The third-order valence-corrected chi connectivity index (χ3v) is 7.46. The van der Waals surface area contributed by atoms with Crippen molar-refractivity contribution in [2.24, 2.45) is 0 Å². The van der Waals surface area contributed by atoms with Crippen molar-refractivity contribution in [3.05, 3.63) is 62.1 Å². The maximum Gasteiger partial charge on any atom is 0.256 e. The third-order valence-electron chi connectivity index (χ3n) is 5.49. The van der Waals surface area contributed by atoms with Crippen molar-refractivity contribution in [1.82, 2.24) is 10.2 Å². The van der Waals surface area contributed by atoms with Crippen molar-refractivity contribution in [2.45, 2.75) is 26.1 Å². The maximum absolute atomic E-state index is 12.9. The van der Waals surface area contributed by atoms with E-state index in [0.29, 0.717) is 21.6 Å². The first-order valence-corrected chi connectivity index (χ1v) is 11.1. The van der Waals surface area contributed by atoms with Crippen LogP contribution >= 0.6 is 34.5 Å². The number of amides is 1. The van der Waals surface area contributed by atoms with Crippen LogP contribution in [0.25, 0.3) is 11.3 Å². The molecular formula is C21H19Cl2N3O2S. The second-order valence-corrected chi connectivity index (χ2v) is 9.07. The molecule has 150 valence electrons. The highest BCUT2D eigenvalue weighted by Crippen LogP contribution is 2.41. The number of thiophene rings is 1. The standard InChI is InChI=1S/C21H19Cl2N3O2S/c1-2-26-9-8-12-16(10-26)29-21-17(12)20(27)24-19(25-21)15-7-6-14(28-15)11-4-3-5-13(22)18(11)23/h3-7,19,25H,2,8-10H2,1H3,(H,24,27)/t19-/m1/s1. The molecule has 8 heteroatoms. The summed E-state index contributed by atoms with van der Waals surface area (Å²) in [5.74, 6) is 1.18. The minimum atomic E-state index is -0.427. The van der Waals surface area contributed by atoms with E-state index in [9.17, 15) is 4.79 Å². The quantitative estimate of drug-likeness (QED) is 0.552. The summed E-state index contributed by atoms with van der Waals surface area (Å²) in [7, 11) is 0. The number of carbonyl (C=O) groups is 1. The number of anilines is 1. The topological polar surface area (TPSA) is 57.5 Å². The number of hydrogen-bond acceptors (Lipinski definition) is 5. The van der Waals surface area contributed by atoms with Gasteiger partial charge in [0.2, 0.25) is 0 Å². The molecule has 1 atom stereocenters. The first-order chi connectivity index (χ1) is 14.0. The van der Waals surface area contributed by atoms with E-state index in [1.807, 2.05) is 24.3 Å². The van der Waals surface area contributed by atoms with Crippen LogP contribution in [-0.2, 0) is 13.0 Å². The molecule has 2 aliphatic heterocycles. The number of nitrogens with zero attached hydrogens (tertiary/aromatic N) is 1. The average molecular weight is 448 g/mol. The Morgan fingerprint density at radius 1 is 1.24 bits per heavy atom. The maximum atomic E-state index is 12.9. The molecule has 2 N–H and O–H groups in total. The molecule has 5 rings (SSSR count). The van der Waals surface area contributed by atoms with E-state index in [0.717, 1.165) is 42.2 Å². The van der Waals surface area contributed by atoms with Gasteiger partial charge in [0.25, 0.3) is 5.91 Å². The fourth-order valence-electron chi connectivity index (χ4n) is 3.93. The van der Waals surface area contributed by atoms with Gasteiger partial charge >= 0.3 is 0 Å². The molecule has 0 saturated carbocycles. The monoisotopic (exact) mass is 447 g/mol. The van der Waals surface area contributed by atoms with E-state index in [2.05, 4.69) is 22.5 Å². The number of carbonyl (C=O) groups excluding carboxylic acids is 1. The molecule has 1 amide bonds. The van der Waals surface area contributed by atoms with Gasteiger partial charge in [-0.3, -0.25) is 9.69 Å². The predicted octanol–water partition coefficient (Wildman–Crippen LogP) is 5.55. The molecule has 0 saturated heterocycles. The zero-order valence-corrected chi connectivity index (χ0v) is 18.0. The number of fused-ring (bicyclic) bond motifs is 3. The molecular weight excluding hydrogens is 429 g/mol. The van der Waals surface area contributed by atoms with E-state index in [-0.39, 0.29) is 5.91 Å². The highest BCUT2D eigenvalue weighted by Gasteiger charge is 2.34. The number of nitrogens with one attached hydrogen (secondary N) is 2. The van der Waals surface area contributed by atoms with Crippen LogP contribution in [0.15, 0.2) is 34.7 Å². The summed E-state index contributed by atoms with van der Waals surface area (Å²) in [5.41, 5.74) is 2.70. The molecule has 29 heavy (non-hydrogen) atoms. The Kier molecular flexibility index (Phi) is 4.82. The SMILES string of the molecule is CCN1CCc2c(sc3c2C(=O)N[C@@H](c2ccc(-c4cccc(Cl)c4Cl)o2)N3)C1. The van der Waals surface area contributed by atoms with Crippen molar-refractivity contribution >= 4 is 45.4 Å². The molecule has 0 spiro atoms. The highest BCUT2D eigenvalue weighted by molar-refractivity contribution is 7.16. The summed E-state index contributed by atoms with van der Waals surface area (Å²) in [6.07, 6.45) is 0.483. The zero-order valence-electron chi connectivity index (χ0n) is 15.7. The molecule has 0 aliphatic carbocycles. The predicted molar refractivity (Wildman–Crippen MR) is 117 cm³/mol. The molecule has 0 unspecified atom stereocenters. The Morgan fingerprint density at radius 3 is 2.93 bits per heavy atom. The van der Waals surface area contributed by atoms with E-state index in [1.54, 1.807) is 17.4 Å². The van der Waals surface area contributed by atoms with Gasteiger partial charge in [0.05, 0.1) is 15.6 Å². The van der Waals surface area contributed by atoms with Crippen molar-refractivity contribution in [3.8, 4) is 11.3 Å². The number of furan rings is 1. The van der Waals surface area contributed by atoms with Gasteiger partial charge in [0, 0.05) is 23.5 Å². The Hall–Kier alpha value is -1.99. The molecule has 2 aromatic heterocycles. The van der Waals surface area contributed by atoms with Gasteiger partial charge < -0.3 is 15.1 Å². The molecule has 3 aromatic rings. The summed E-state index contributed by atoms with van der Waals surface area (Å²) < 4.78 is 6.02. The lowest BCUT2D eigenvalue weighted by molar-refractivity contribution is 0.0930. The van der Waals surface area contributed by atoms with Crippen molar-refractivity contribution < 1.29 is 9.21 Å². The second-order valence-electron chi connectivity index (χ2n) is 7.18. The van der Waals surface area contributed by atoms with Crippen LogP contribution in [0.2, 0.25) is 10.0 Å². The Labute approximate surface area is 182 Å². The number of benzene rings is 1. The average Bonchev–Trinajstić information content (AvgIpc) is 3.34. The number of halogens is 2. The van der Waals surface area contributed by atoms with Gasteiger partial charge in [-0.1, -0.05) is 36.2 Å². The molecule has 4 heterocycles. The molecule has 0 radical (unpaired) electrons. The molecule has 0 fully saturated rings. The van der Waals surface area contributed by atoms with Crippen LogP contribution < -0.4 is 10.6 Å². The number of hydrogen-bond donors (Lipinski definition) is 2. The summed E-state index contributed by atoms with van der Waals surface area (Å²) in [5, 5.41) is 8.31. The van der Waals surface area contributed by atoms with E-state index in [1.165, 1.54) is 10.4 Å². The smallest absolute Gasteiger partial charge is 0.256 e. The number of likely N-dealkylation sites (N-methyl/N-ethyl adjacent to an activating group) is 1. The summed E-state index contributed by atoms with van der Waals surface area (Å²) in [6.45, 7) is 5.08.